The van der Waals surface area contributed by atoms with Crippen LogP contribution in [0.15, 0.2) is 36.7 Å². The molecule has 0 spiro atoms. The Morgan fingerprint density at radius 2 is 1.86 bits per heavy atom. The van der Waals surface area contributed by atoms with Gasteiger partial charge in [0.25, 0.3) is 0 Å². The van der Waals surface area contributed by atoms with Crippen molar-refractivity contribution in [3.8, 4) is 11.4 Å². The highest BCUT2D eigenvalue weighted by Gasteiger charge is 2.01. The van der Waals surface area contributed by atoms with Crippen molar-refractivity contribution in [3.63, 3.8) is 0 Å². The lowest BCUT2D eigenvalue weighted by Crippen LogP contribution is -1.91. The van der Waals surface area contributed by atoms with E-state index in [1.807, 2.05) is 42.1 Å². The standard InChI is InChI=1S/C10H11N3.ClH/c1-13-7-6-12-10(13)8-2-4-9(11)5-3-8;/h2-7H,11H2,1H3;1H. The van der Waals surface area contributed by atoms with Gasteiger partial charge in [0.05, 0.1) is 0 Å². The zero-order valence-electron chi connectivity index (χ0n) is 7.84. The maximum Gasteiger partial charge on any atom is 0.139 e. The van der Waals surface area contributed by atoms with Crippen LogP contribution in [0.4, 0.5) is 5.69 Å². The molecule has 0 unspecified atom stereocenters. The van der Waals surface area contributed by atoms with E-state index in [4.69, 9.17) is 5.73 Å². The van der Waals surface area contributed by atoms with E-state index < -0.39 is 0 Å². The summed E-state index contributed by atoms with van der Waals surface area (Å²) >= 11 is 0. The highest BCUT2D eigenvalue weighted by Crippen LogP contribution is 2.17. The van der Waals surface area contributed by atoms with E-state index in [0.29, 0.717) is 0 Å². The fourth-order valence-corrected chi connectivity index (χ4v) is 1.28. The van der Waals surface area contributed by atoms with Gasteiger partial charge < -0.3 is 10.3 Å². The number of aryl methyl sites for hydroxylation is 1. The Morgan fingerprint density at radius 3 is 2.36 bits per heavy atom. The van der Waals surface area contributed by atoms with Gasteiger partial charge >= 0.3 is 0 Å². The summed E-state index contributed by atoms with van der Waals surface area (Å²) in [6.07, 6.45) is 3.71. The minimum atomic E-state index is 0. The molecular weight excluding hydrogens is 198 g/mol. The summed E-state index contributed by atoms with van der Waals surface area (Å²) in [5.74, 6) is 0.958. The minimum Gasteiger partial charge on any atom is -0.399 e. The Kier molecular flexibility index (Phi) is 3.14. The maximum atomic E-state index is 5.59. The topological polar surface area (TPSA) is 43.8 Å². The number of imidazole rings is 1. The molecule has 0 aliphatic rings. The van der Waals surface area contributed by atoms with Crippen molar-refractivity contribution in [1.82, 2.24) is 9.55 Å². The number of benzene rings is 1. The first kappa shape index (κ1) is 10.6. The second-order valence-corrected chi connectivity index (χ2v) is 2.98. The molecule has 2 rings (SSSR count). The van der Waals surface area contributed by atoms with E-state index in [1.54, 1.807) is 6.20 Å². The Labute approximate surface area is 89.0 Å². The van der Waals surface area contributed by atoms with E-state index in [2.05, 4.69) is 4.98 Å². The molecule has 3 nitrogen and oxygen atoms in total. The largest absolute Gasteiger partial charge is 0.399 e. The Morgan fingerprint density at radius 1 is 1.21 bits per heavy atom. The molecule has 0 bridgehead atoms. The van der Waals surface area contributed by atoms with E-state index >= 15 is 0 Å². The number of nitrogens with zero attached hydrogens (tertiary/aromatic N) is 2. The van der Waals surface area contributed by atoms with Crippen molar-refractivity contribution in [1.29, 1.82) is 0 Å². The first-order chi connectivity index (χ1) is 6.27. The van der Waals surface area contributed by atoms with Crippen molar-refractivity contribution in [2.24, 2.45) is 7.05 Å². The van der Waals surface area contributed by atoms with E-state index in [-0.39, 0.29) is 12.4 Å². The summed E-state index contributed by atoms with van der Waals surface area (Å²) in [5.41, 5.74) is 7.45. The van der Waals surface area contributed by atoms with Crippen molar-refractivity contribution >= 4 is 18.1 Å². The first-order valence-corrected chi connectivity index (χ1v) is 4.10. The van der Waals surface area contributed by atoms with Crippen molar-refractivity contribution < 1.29 is 0 Å². The quantitative estimate of drug-likeness (QED) is 0.731. The van der Waals surface area contributed by atoms with Crippen LogP contribution in [-0.4, -0.2) is 9.55 Å². The smallest absolute Gasteiger partial charge is 0.139 e. The number of nitrogens with two attached hydrogens (primary N) is 1. The van der Waals surface area contributed by atoms with Gasteiger partial charge in [-0.05, 0) is 24.3 Å². The van der Waals surface area contributed by atoms with Crippen molar-refractivity contribution in [2.45, 2.75) is 0 Å². The zero-order chi connectivity index (χ0) is 9.26. The van der Waals surface area contributed by atoms with Crippen LogP contribution in [-0.2, 0) is 7.05 Å². The predicted molar refractivity (Wildman–Crippen MR) is 60.3 cm³/mol. The second kappa shape index (κ2) is 4.15. The zero-order valence-corrected chi connectivity index (χ0v) is 8.66. The van der Waals surface area contributed by atoms with Gasteiger partial charge in [0.15, 0.2) is 0 Å². The van der Waals surface area contributed by atoms with Gasteiger partial charge in [-0.3, -0.25) is 0 Å². The lowest BCUT2D eigenvalue weighted by atomic mass is 10.2. The highest BCUT2D eigenvalue weighted by atomic mass is 35.5. The van der Waals surface area contributed by atoms with Gasteiger partial charge in [-0.2, -0.15) is 0 Å². The number of hydrogen-bond acceptors (Lipinski definition) is 2. The molecule has 0 aliphatic carbocycles. The maximum absolute atomic E-state index is 5.59. The Balaban J connectivity index is 0.000000980. The lowest BCUT2D eigenvalue weighted by Gasteiger charge is -2.01. The molecule has 0 saturated heterocycles. The second-order valence-electron chi connectivity index (χ2n) is 2.98. The molecule has 2 N–H and O–H groups in total. The van der Waals surface area contributed by atoms with E-state index in [0.717, 1.165) is 17.1 Å². The van der Waals surface area contributed by atoms with Crippen LogP contribution in [0.5, 0.6) is 0 Å². The van der Waals surface area contributed by atoms with Crippen molar-refractivity contribution in [2.75, 3.05) is 5.73 Å². The van der Waals surface area contributed by atoms with Gasteiger partial charge in [-0.25, -0.2) is 4.98 Å². The summed E-state index contributed by atoms with van der Waals surface area (Å²) in [5, 5.41) is 0. The number of hydrogen-bond donors (Lipinski definition) is 1. The summed E-state index contributed by atoms with van der Waals surface area (Å²) < 4.78 is 1.98. The Bertz CT molecular complexity index is 406. The molecule has 0 atom stereocenters. The summed E-state index contributed by atoms with van der Waals surface area (Å²) in [6, 6.07) is 7.70. The molecule has 74 valence electrons. The molecule has 14 heavy (non-hydrogen) atoms. The minimum absolute atomic E-state index is 0. The lowest BCUT2D eigenvalue weighted by molar-refractivity contribution is 0.925. The van der Waals surface area contributed by atoms with Crippen LogP contribution < -0.4 is 5.73 Å². The fraction of sp³-hybridized carbons (Fsp3) is 0.100. The number of anilines is 1. The molecule has 1 aromatic heterocycles. The van der Waals surface area contributed by atoms with E-state index in [1.165, 1.54) is 0 Å². The molecule has 1 heterocycles. The molecular formula is C10H12ClN3. The monoisotopic (exact) mass is 209 g/mol. The van der Waals surface area contributed by atoms with Gasteiger partial charge in [0.2, 0.25) is 0 Å². The third kappa shape index (κ3) is 1.88. The van der Waals surface area contributed by atoms with Crippen LogP contribution in [0, 0.1) is 0 Å². The van der Waals surface area contributed by atoms with Crippen LogP contribution in [0.1, 0.15) is 0 Å². The third-order valence-electron chi connectivity index (χ3n) is 1.99. The highest BCUT2D eigenvalue weighted by molar-refractivity contribution is 5.85. The molecule has 0 saturated carbocycles. The van der Waals surface area contributed by atoms with Crippen molar-refractivity contribution in [3.05, 3.63) is 36.7 Å². The Hall–Kier alpha value is -1.48. The van der Waals surface area contributed by atoms with Crippen LogP contribution in [0.25, 0.3) is 11.4 Å². The molecule has 0 radical (unpaired) electrons. The number of nitrogen functional groups attached to an aromatic ring is 1. The van der Waals surface area contributed by atoms with E-state index in [9.17, 15) is 0 Å². The third-order valence-corrected chi connectivity index (χ3v) is 1.99. The molecule has 4 heteroatoms. The average Bonchev–Trinajstić information content (AvgIpc) is 2.53. The van der Waals surface area contributed by atoms with Gasteiger partial charge in [-0.1, -0.05) is 0 Å². The molecule has 1 aromatic carbocycles. The van der Waals surface area contributed by atoms with Gasteiger partial charge in [0, 0.05) is 30.7 Å². The summed E-state index contributed by atoms with van der Waals surface area (Å²) in [4.78, 5) is 4.24. The summed E-state index contributed by atoms with van der Waals surface area (Å²) in [6.45, 7) is 0. The first-order valence-electron chi connectivity index (χ1n) is 4.10. The summed E-state index contributed by atoms with van der Waals surface area (Å²) in [7, 11) is 1.97. The molecule has 2 aromatic rings. The van der Waals surface area contributed by atoms with Crippen LogP contribution in [0.2, 0.25) is 0 Å². The SMILES string of the molecule is Cl.Cn1ccnc1-c1ccc(N)cc1. The number of rotatable bonds is 1. The van der Waals surface area contributed by atoms with Gasteiger partial charge in [-0.15, -0.1) is 12.4 Å². The average molecular weight is 210 g/mol. The fourth-order valence-electron chi connectivity index (χ4n) is 1.28. The van der Waals surface area contributed by atoms with Crippen LogP contribution >= 0.6 is 12.4 Å². The molecule has 0 amide bonds. The predicted octanol–water partition coefficient (Wildman–Crippen LogP) is 2.09. The van der Waals surface area contributed by atoms with Gasteiger partial charge in [0.1, 0.15) is 5.82 Å². The number of aromatic nitrogens is 2. The van der Waals surface area contributed by atoms with Crippen LogP contribution in [0.3, 0.4) is 0 Å². The molecule has 0 fully saturated rings. The molecule has 0 aliphatic heterocycles. The normalized spacial score (nSPS) is 9.50. The number of halogens is 1.